The summed E-state index contributed by atoms with van der Waals surface area (Å²) < 4.78 is 12.7. The fourth-order valence-corrected chi connectivity index (χ4v) is 1.33. The van der Waals surface area contributed by atoms with Gasteiger partial charge in [0.15, 0.2) is 0 Å². The lowest BCUT2D eigenvalue weighted by molar-refractivity contribution is -0.0170. The third-order valence-electron chi connectivity index (χ3n) is 1.73. The molecule has 0 spiro atoms. The molecular formula is C9H7FN3S. The zero-order chi connectivity index (χ0) is 9.97. The van der Waals surface area contributed by atoms with Gasteiger partial charge in [0.2, 0.25) is 0 Å². The van der Waals surface area contributed by atoms with Crippen molar-refractivity contribution in [1.82, 2.24) is 10.8 Å². The minimum Gasteiger partial charge on any atom is -0.250 e. The number of hydrazone groups is 1. The Balaban J connectivity index is 2.39. The highest BCUT2D eigenvalue weighted by Gasteiger charge is 2.13. The maximum atomic E-state index is 12.7. The van der Waals surface area contributed by atoms with Gasteiger partial charge >= 0.3 is 0 Å². The number of benzene rings is 1. The fourth-order valence-electron chi connectivity index (χ4n) is 1.11. The lowest BCUT2D eigenvalue weighted by Gasteiger charge is -2.15. The normalized spacial score (nSPS) is 15.7. The van der Waals surface area contributed by atoms with Crippen molar-refractivity contribution in [2.75, 3.05) is 0 Å². The lowest BCUT2D eigenvalue weighted by atomic mass is 10.1. The number of hydrazine groups is 1. The number of halogens is 1. The molecule has 3 nitrogen and oxygen atoms in total. The van der Waals surface area contributed by atoms with Crippen LogP contribution in [0, 0.1) is 6.20 Å². The van der Waals surface area contributed by atoms with Crippen LogP contribution in [0.3, 0.4) is 0 Å². The average molecular weight is 208 g/mol. The van der Waals surface area contributed by atoms with Crippen molar-refractivity contribution in [1.29, 1.82) is 0 Å². The van der Waals surface area contributed by atoms with Gasteiger partial charge in [-0.2, -0.15) is 0 Å². The molecule has 0 saturated heterocycles. The molecule has 0 fully saturated rings. The van der Waals surface area contributed by atoms with E-state index in [0.717, 1.165) is 5.56 Å². The van der Waals surface area contributed by atoms with Crippen LogP contribution in [-0.2, 0) is 0 Å². The molecule has 1 aliphatic heterocycles. The molecule has 1 heterocycles. The molecule has 1 radical (unpaired) electrons. The second-order valence-electron chi connectivity index (χ2n) is 2.66. The van der Waals surface area contributed by atoms with Crippen LogP contribution in [0.2, 0.25) is 0 Å². The first-order valence-electron chi connectivity index (χ1n) is 3.95. The molecule has 2 rings (SSSR count). The van der Waals surface area contributed by atoms with Crippen molar-refractivity contribution in [3.05, 3.63) is 47.0 Å². The third kappa shape index (κ3) is 1.72. The van der Waals surface area contributed by atoms with E-state index >= 15 is 0 Å². The summed E-state index contributed by atoms with van der Waals surface area (Å²) in [6, 6.07) is 9.24. The van der Waals surface area contributed by atoms with E-state index in [1.807, 2.05) is 30.3 Å². The van der Waals surface area contributed by atoms with E-state index in [1.54, 1.807) is 0 Å². The quantitative estimate of drug-likeness (QED) is 0.542. The molecule has 1 aromatic rings. The van der Waals surface area contributed by atoms with Gasteiger partial charge in [0.1, 0.15) is 11.9 Å². The van der Waals surface area contributed by atoms with E-state index < -0.39 is 0 Å². The Kier molecular flexibility index (Phi) is 2.41. The number of hydrogen-bond acceptors (Lipinski definition) is 4. The summed E-state index contributed by atoms with van der Waals surface area (Å²) in [4.78, 5) is 0.477. The average Bonchev–Trinajstić information content (AvgIpc) is 2.23. The second-order valence-corrected chi connectivity index (χ2v) is 3.11. The Morgan fingerprint density at radius 1 is 1.36 bits per heavy atom. The van der Waals surface area contributed by atoms with E-state index in [9.17, 15) is 4.48 Å². The van der Waals surface area contributed by atoms with Gasteiger partial charge in [0.05, 0.1) is 4.91 Å². The van der Waals surface area contributed by atoms with E-state index in [0.29, 0.717) is 10.6 Å². The van der Waals surface area contributed by atoms with E-state index in [2.05, 4.69) is 29.4 Å². The summed E-state index contributed by atoms with van der Waals surface area (Å²) in [5.41, 5.74) is 3.40. The summed E-state index contributed by atoms with van der Waals surface area (Å²) in [6.45, 7) is 0. The molecule has 1 N–H and O–H groups in total. The number of rotatable bonds is 1. The molecule has 0 saturated carbocycles. The Bertz CT molecular complexity index is 388. The van der Waals surface area contributed by atoms with Crippen molar-refractivity contribution < 1.29 is 4.48 Å². The zero-order valence-corrected chi connectivity index (χ0v) is 8.00. The standard InChI is InChI=1S/C9H7FN3S/c10-13-11-6-8(14)9(12-13)7-4-2-1-3-5-7/h1-5,11,14H. The SMILES string of the molecule is FN1N=C(c2ccccc2)C(S)=[C]N1. The summed E-state index contributed by atoms with van der Waals surface area (Å²) in [5, 5.41) is 3.73. The minimum absolute atomic E-state index is 0.0993. The number of nitrogens with one attached hydrogen (secondary N) is 1. The highest BCUT2D eigenvalue weighted by atomic mass is 32.1. The molecular weight excluding hydrogens is 201 g/mol. The molecule has 71 valence electrons. The van der Waals surface area contributed by atoms with Crippen molar-refractivity contribution in [3.63, 3.8) is 0 Å². The van der Waals surface area contributed by atoms with Crippen LogP contribution in [0.4, 0.5) is 4.48 Å². The minimum atomic E-state index is 0.0993. The van der Waals surface area contributed by atoms with Crippen LogP contribution in [0.1, 0.15) is 5.56 Å². The Morgan fingerprint density at radius 3 is 2.79 bits per heavy atom. The number of allylic oxidation sites excluding steroid dienone is 1. The zero-order valence-electron chi connectivity index (χ0n) is 7.11. The Hall–Kier alpha value is -1.49. The molecule has 14 heavy (non-hydrogen) atoms. The van der Waals surface area contributed by atoms with Gasteiger partial charge in [-0.15, -0.1) is 17.7 Å². The van der Waals surface area contributed by atoms with Crippen LogP contribution in [0.5, 0.6) is 0 Å². The molecule has 0 aromatic heterocycles. The highest BCUT2D eigenvalue weighted by molar-refractivity contribution is 7.85. The van der Waals surface area contributed by atoms with Crippen LogP contribution < -0.4 is 5.43 Å². The molecule has 1 aliphatic rings. The van der Waals surface area contributed by atoms with Gasteiger partial charge in [-0.05, 0) is 5.34 Å². The lowest BCUT2D eigenvalue weighted by Crippen LogP contribution is -2.28. The summed E-state index contributed by atoms with van der Waals surface area (Å²) in [5.74, 6) is 0. The molecule has 0 unspecified atom stereocenters. The number of thiol groups is 1. The topological polar surface area (TPSA) is 27.6 Å². The van der Waals surface area contributed by atoms with Gasteiger partial charge in [-0.1, -0.05) is 34.8 Å². The van der Waals surface area contributed by atoms with Crippen molar-refractivity contribution >= 4 is 18.3 Å². The molecule has 5 heteroatoms. The predicted molar refractivity (Wildman–Crippen MR) is 54.8 cm³/mol. The number of nitrogens with zero attached hydrogens (tertiary/aromatic N) is 2. The molecule has 0 amide bonds. The maximum Gasteiger partial charge on any atom is 0.111 e. The van der Waals surface area contributed by atoms with Crippen LogP contribution in [0.15, 0.2) is 40.3 Å². The first-order valence-corrected chi connectivity index (χ1v) is 4.40. The smallest absolute Gasteiger partial charge is 0.111 e. The Morgan fingerprint density at radius 2 is 2.07 bits per heavy atom. The molecule has 0 atom stereocenters. The summed E-state index contributed by atoms with van der Waals surface area (Å²) in [7, 11) is 0. The number of hydrogen-bond donors (Lipinski definition) is 2. The van der Waals surface area contributed by atoms with Crippen LogP contribution in [-0.4, -0.2) is 11.1 Å². The van der Waals surface area contributed by atoms with E-state index in [-0.39, 0.29) is 5.34 Å². The maximum absolute atomic E-state index is 12.7. The van der Waals surface area contributed by atoms with Crippen LogP contribution in [0.25, 0.3) is 0 Å². The van der Waals surface area contributed by atoms with Gasteiger partial charge in [-0.3, -0.25) is 0 Å². The van der Waals surface area contributed by atoms with Crippen molar-refractivity contribution in [2.45, 2.75) is 0 Å². The molecule has 1 aromatic carbocycles. The third-order valence-corrected chi connectivity index (χ3v) is 2.05. The first kappa shape index (κ1) is 9.08. The fraction of sp³-hybridized carbons (Fsp3) is 0. The van der Waals surface area contributed by atoms with E-state index in [4.69, 9.17) is 0 Å². The Labute approximate surface area is 86.2 Å². The van der Waals surface area contributed by atoms with Crippen LogP contribution >= 0.6 is 12.6 Å². The van der Waals surface area contributed by atoms with Gasteiger partial charge in [0, 0.05) is 5.56 Å². The molecule has 0 bridgehead atoms. The first-order chi connectivity index (χ1) is 6.77. The molecule has 0 aliphatic carbocycles. The summed E-state index contributed by atoms with van der Waals surface area (Å²) >= 11 is 4.13. The predicted octanol–water partition coefficient (Wildman–Crippen LogP) is 1.67. The monoisotopic (exact) mass is 208 g/mol. The second kappa shape index (κ2) is 3.71. The van der Waals surface area contributed by atoms with Gasteiger partial charge < -0.3 is 0 Å². The van der Waals surface area contributed by atoms with E-state index in [1.165, 1.54) is 0 Å². The van der Waals surface area contributed by atoms with Crippen molar-refractivity contribution in [3.8, 4) is 0 Å². The largest absolute Gasteiger partial charge is 0.250 e. The highest BCUT2D eigenvalue weighted by Crippen LogP contribution is 2.15. The van der Waals surface area contributed by atoms with Gasteiger partial charge in [0.25, 0.3) is 0 Å². The van der Waals surface area contributed by atoms with Gasteiger partial charge in [-0.25, -0.2) is 5.43 Å². The summed E-state index contributed by atoms with van der Waals surface area (Å²) in [6.07, 6.45) is 2.53. The van der Waals surface area contributed by atoms with Crippen molar-refractivity contribution in [2.24, 2.45) is 5.10 Å².